The molecule has 1 saturated heterocycles. The van der Waals surface area contributed by atoms with Gasteiger partial charge in [-0.2, -0.15) is 0 Å². The van der Waals surface area contributed by atoms with Crippen LogP contribution in [0.3, 0.4) is 0 Å². The lowest BCUT2D eigenvalue weighted by Gasteiger charge is -2.36. The van der Waals surface area contributed by atoms with Gasteiger partial charge in [0.15, 0.2) is 17.2 Å². The fourth-order valence-corrected chi connectivity index (χ4v) is 2.92. The van der Waals surface area contributed by atoms with Crippen LogP contribution < -0.4 is 15.0 Å². The Balaban J connectivity index is 1.62. The topological polar surface area (TPSA) is 106 Å². The summed E-state index contributed by atoms with van der Waals surface area (Å²) < 4.78 is 5.38. The van der Waals surface area contributed by atoms with Crippen molar-refractivity contribution >= 4 is 17.4 Å². The number of amides is 2. The maximum absolute atomic E-state index is 12.4. The van der Waals surface area contributed by atoms with Crippen LogP contribution in [0.1, 0.15) is 0 Å². The number of methoxy groups -OCH3 is 1. The van der Waals surface area contributed by atoms with Gasteiger partial charge >= 0.3 is 6.03 Å². The fraction of sp³-hybridized carbons (Fsp3) is 0.278. The van der Waals surface area contributed by atoms with Gasteiger partial charge in [0, 0.05) is 38.3 Å². The van der Waals surface area contributed by atoms with E-state index in [4.69, 9.17) is 4.74 Å². The number of anilines is 2. The molecule has 3 rings (SSSR count). The minimum Gasteiger partial charge on any atom is -0.504 e. The van der Waals surface area contributed by atoms with Crippen LogP contribution in [0.2, 0.25) is 0 Å². The van der Waals surface area contributed by atoms with E-state index in [-0.39, 0.29) is 11.7 Å². The zero-order chi connectivity index (χ0) is 18.7. The molecular weight excluding hydrogens is 338 g/mol. The fourth-order valence-electron chi connectivity index (χ4n) is 2.92. The second-order valence-electron chi connectivity index (χ2n) is 5.94. The van der Waals surface area contributed by atoms with Gasteiger partial charge in [-0.25, -0.2) is 4.79 Å². The van der Waals surface area contributed by atoms with Gasteiger partial charge in [-0.3, -0.25) is 0 Å². The molecule has 2 aromatic rings. The number of carbonyl (C=O) groups excluding carboxylic acids is 1. The minimum absolute atomic E-state index is 0.204. The van der Waals surface area contributed by atoms with Crippen LogP contribution in [0.5, 0.6) is 23.0 Å². The average Bonchev–Trinajstić information content (AvgIpc) is 2.66. The van der Waals surface area contributed by atoms with Crippen molar-refractivity contribution in [3.05, 3.63) is 36.4 Å². The van der Waals surface area contributed by atoms with Crippen molar-refractivity contribution < 1.29 is 24.9 Å². The van der Waals surface area contributed by atoms with Crippen LogP contribution >= 0.6 is 0 Å². The van der Waals surface area contributed by atoms with Crippen molar-refractivity contribution in [2.24, 2.45) is 0 Å². The van der Waals surface area contributed by atoms with E-state index in [1.54, 1.807) is 12.0 Å². The van der Waals surface area contributed by atoms with Crippen molar-refractivity contribution in [3.63, 3.8) is 0 Å². The number of nitrogens with one attached hydrogen (secondary N) is 1. The number of nitrogens with zero attached hydrogens (tertiary/aromatic N) is 2. The zero-order valence-electron chi connectivity index (χ0n) is 14.3. The molecule has 8 nitrogen and oxygen atoms in total. The number of para-hydroxylation sites is 2. The van der Waals surface area contributed by atoms with Crippen molar-refractivity contribution in [2.75, 3.05) is 43.5 Å². The van der Waals surface area contributed by atoms with Crippen LogP contribution in [-0.4, -0.2) is 59.5 Å². The first-order valence-electron chi connectivity index (χ1n) is 8.18. The second kappa shape index (κ2) is 7.30. The first-order valence-corrected chi connectivity index (χ1v) is 8.18. The summed E-state index contributed by atoms with van der Waals surface area (Å²) in [5.41, 5.74) is 1.19. The van der Waals surface area contributed by atoms with E-state index in [1.165, 1.54) is 12.1 Å². The maximum atomic E-state index is 12.4. The number of ether oxygens (including phenoxy) is 1. The summed E-state index contributed by atoms with van der Waals surface area (Å²) >= 11 is 0. The summed E-state index contributed by atoms with van der Waals surface area (Å²) in [6, 6.07) is 9.76. The predicted molar refractivity (Wildman–Crippen MR) is 97.2 cm³/mol. The second-order valence-corrected chi connectivity index (χ2v) is 5.94. The highest BCUT2D eigenvalue weighted by molar-refractivity contribution is 5.90. The maximum Gasteiger partial charge on any atom is 0.321 e. The number of phenols is 3. The third-order valence-electron chi connectivity index (χ3n) is 4.31. The summed E-state index contributed by atoms with van der Waals surface area (Å²) in [4.78, 5) is 16.2. The van der Waals surface area contributed by atoms with Gasteiger partial charge in [0.25, 0.3) is 0 Å². The van der Waals surface area contributed by atoms with E-state index in [9.17, 15) is 20.1 Å². The number of phenolic OH excluding ortho intramolecular Hbond substituents is 3. The van der Waals surface area contributed by atoms with E-state index in [2.05, 4.69) is 10.2 Å². The number of benzene rings is 2. The SMILES string of the molecule is COc1ccccc1N1CCN(C(=O)Nc2cc(O)c(O)c(O)c2)CC1. The predicted octanol–water partition coefficient (Wildman–Crippen LogP) is 2.17. The molecule has 2 amide bonds. The molecule has 0 bridgehead atoms. The number of hydrogen-bond acceptors (Lipinski definition) is 6. The summed E-state index contributed by atoms with van der Waals surface area (Å²) in [5, 5.41) is 31.0. The van der Waals surface area contributed by atoms with E-state index >= 15 is 0 Å². The lowest BCUT2D eigenvalue weighted by molar-refractivity contribution is 0.208. The van der Waals surface area contributed by atoms with Gasteiger partial charge in [0.1, 0.15) is 5.75 Å². The number of aromatic hydroxyl groups is 3. The third kappa shape index (κ3) is 3.53. The molecule has 1 aliphatic rings. The Morgan fingerprint density at radius 3 is 2.27 bits per heavy atom. The van der Waals surface area contributed by atoms with Crippen LogP contribution in [-0.2, 0) is 0 Å². The van der Waals surface area contributed by atoms with Crippen LogP contribution in [0.15, 0.2) is 36.4 Å². The number of piperazine rings is 1. The van der Waals surface area contributed by atoms with Crippen molar-refractivity contribution in [1.82, 2.24) is 4.90 Å². The number of carbonyl (C=O) groups is 1. The highest BCUT2D eigenvalue weighted by Gasteiger charge is 2.23. The molecule has 1 heterocycles. The summed E-state index contributed by atoms with van der Waals surface area (Å²) in [6.45, 7) is 2.33. The molecule has 2 aromatic carbocycles. The monoisotopic (exact) mass is 359 g/mol. The Morgan fingerprint density at radius 2 is 1.65 bits per heavy atom. The number of urea groups is 1. The zero-order valence-corrected chi connectivity index (χ0v) is 14.3. The molecule has 26 heavy (non-hydrogen) atoms. The lowest BCUT2D eigenvalue weighted by atomic mass is 10.2. The van der Waals surface area contributed by atoms with Crippen LogP contribution in [0, 0.1) is 0 Å². The largest absolute Gasteiger partial charge is 0.504 e. The van der Waals surface area contributed by atoms with Gasteiger partial charge in [-0.1, -0.05) is 12.1 Å². The van der Waals surface area contributed by atoms with E-state index in [0.717, 1.165) is 11.4 Å². The van der Waals surface area contributed by atoms with E-state index in [1.807, 2.05) is 24.3 Å². The number of rotatable bonds is 3. The minimum atomic E-state index is -0.617. The van der Waals surface area contributed by atoms with Crippen molar-refractivity contribution in [3.8, 4) is 23.0 Å². The highest BCUT2D eigenvalue weighted by Crippen LogP contribution is 2.37. The molecule has 0 aliphatic carbocycles. The number of hydrogen-bond donors (Lipinski definition) is 4. The first-order chi connectivity index (χ1) is 12.5. The average molecular weight is 359 g/mol. The van der Waals surface area contributed by atoms with Gasteiger partial charge < -0.3 is 35.2 Å². The Morgan fingerprint density at radius 1 is 1.04 bits per heavy atom. The molecule has 1 fully saturated rings. The third-order valence-corrected chi connectivity index (χ3v) is 4.31. The molecule has 0 saturated carbocycles. The molecular formula is C18H21N3O5. The molecule has 0 radical (unpaired) electrons. The van der Waals surface area contributed by atoms with E-state index in [0.29, 0.717) is 26.2 Å². The lowest BCUT2D eigenvalue weighted by Crippen LogP contribution is -2.50. The molecule has 0 aromatic heterocycles. The molecule has 8 heteroatoms. The van der Waals surface area contributed by atoms with E-state index < -0.39 is 17.2 Å². The normalized spacial score (nSPS) is 14.2. The Bertz CT molecular complexity index is 780. The molecule has 138 valence electrons. The standard InChI is InChI=1S/C18H21N3O5/c1-26-16-5-3-2-4-13(16)20-6-8-21(9-7-20)18(25)19-12-10-14(22)17(24)15(23)11-12/h2-5,10-11,22-24H,6-9H2,1H3,(H,19,25). The quantitative estimate of drug-likeness (QED) is 0.494. The van der Waals surface area contributed by atoms with Crippen molar-refractivity contribution in [1.29, 1.82) is 0 Å². The smallest absolute Gasteiger partial charge is 0.321 e. The molecule has 1 aliphatic heterocycles. The van der Waals surface area contributed by atoms with Gasteiger partial charge in [-0.15, -0.1) is 0 Å². The summed E-state index contributed by atoms with van der Waals surface area (Å²) in [6.07, 6.45) is 0. The highest BCUT2D eigenvalue weighted by atomic mass is 16.5. The molecule has 0 spiro atoms. The first kappa shape index (κ1) is 17.5. The Kier molecular flexibility index (Phi) is 4.92. The van der Waals surface area contributed by atoms with Gasteiger partial charge in [-0.05, 0) is 12.1 Å². The molecule has 0 unspecified atom stereocenters. The molecule has 4 N–H and O–H groups in total. The van der Waals surface area contributed by atoms with Gasteiger partial charge in [0.2, 0.25) is 0 Å². The van der Waals surface area contributed by atoms with Crippen LogP contribution in [0.4, 0.5) is 16.2 Å². The molecule has 0 atom stereocenters. The van der Waals surface area contributed by atoms with Crippen molar-refractivity contribution in [2.45, 2.75) is 0 Å². The Hall–Kier alpha value is -3.29. The summed E-state index contributed by atoms with van der Waals surface area (Å²) in [5.74, 6) is -0.823. The van der Waals surface area contributed by atoms with Gasteiger partial charge in [0.05, 0.1) is 18.5 Å². The van der Waals surface area contributed by atoms with Crippen LogP contribution in [0.25, 0.3) is 0 Å². The summed E-state index contributed by atoms with van der Waals surface area (Å²) in [7, 11) is 1.63. The Labute approximate surface area is 150 Å².